The topological polar surface area (TPSA) is 107 Å². The molecule has 0 atom stereocenters. The molecule has 2 aromatic rings. The fourth-order valence-corrected chi connectivity index (χ4v) is 3.06. The predicted octanol–water partition coefficient (Wildman–Crippen LogP) is 1.35. The number of nitrogens with one attached hydrogen (secondary N) is 1. The summed E-state index contributed by atoms with van der Waals surface area (Å²) >= 11 is 2.70. The van der Waals surface area contributed by atoms with Crippen molar-refractivity contribution in [1.82, 2.24) is 9.97 Å². The molecule has 0 fully saturated rings. The number of rotatable bonds is 7. The molecule has 9 heteroatoms. The molecule has 0 unspecified atom stereocenters. The largest absolute Gasteiger partial charge is 0.466 e. The predicted molar refractivity (Wildman–Crippen MR) is 84.8 cm³/mol. The van der Waals surface area contributed by atoms with Gasteiger partial charge in [-0.3, -0.25) is 9.59 Å². The Balaban J connectivity index is 1.86. The van der Waals surface area contributed by atoms with Crippen LogP contribution in [0, 0.1) is 0 Å². The molecule has 0 aromatic carbocycles. The molecule has 0 bridgehead atoms. The standard InChI is InChI=1S/C13H16N4O3S2/c1-2-20-12(19)4-9-7-22-13(16-9)17-10(18)3-8-6-21-11(5-14)15-8/h6-7H,2-5,14H2,1H3,(H,16,17,18). The number of ether oxygens (including phenoxy) is 1. The molecule has 1 amide bonds. The molecule has 7 nitrogen and oxygen atoms in total. The molecule has 0 aliphatic rings. The number of nitrogens with zero attached hydrogens (tertiary/aromatic N) is 2. The van der Waals surface area contributed by atoms with E-state index in [0.717, 1.165) is 5.01 Å². The van der Waals surface area contributed by atoms with Crippen molar-refractivity contribution in [2.24, 2.45) is 5.73 Å². The van der Waals surface area contributed by atoms with Gasteiger partial charge in [0.15, 0.2) is 5.13 Å². The zero-order chi connectivity index (χ0) is 15.9. The number of hydrogen-bond acceptors (Lipinski definition) is 8. The Hall–Kier alpha value is -1.84. The van der Waals surface area contributed by atoms with E-state index in [9.17, 15) is 9.59 Å². The molecule has 0 aliphatic carbocycles. The van der Waals surface area contributed by atoms with Gasteiger partial charge in [-0.1, -0.05) is 0 Å². The number of thiazole rings is 2. The summed E-state index contributed by atoms with van der Waals surface area (Å²) in [5, 5.41) is 7.49. The Morgan fingerprint density at radius 3 is 2.64 bits per heavy atom. The van der Waals surface area contributed by atoms with Gasteiger partial charge in [0.25, 0.3) is 0 Å². The summed E-state index contributed by atoms with van der Waals surface area (Å²) in [7, 11) is 0. The fraction of sp³-hybridized carbons (Fsp3) is 0.385. The Morgan fingerprint density at radius 2 is 1.95 bits per heavy atom. The quantitative estimate of drug-likeness (QED) is 0.737. The van der Waals surface area contributed by atoms with Crippen LogP contribution in [-0.2, 0) is 33.7 Å². The summed E-state index contributed by atoms with van der Waals surface area (Å²) in [6.45, 7) is 2.46. The summed E-state index contributed by atoms with van der Waals surface area (Å²) < 4.78 is 4.85. The van der Waals surface area contributed by atoms with E-state index in [-0.39, 0.29) is 24.7 Å². The van der Waals surface area contributed by atoms with Gasteiger partial charge < -0.3 is 15.8 Å². The van der Waals surface area contributed by atoms with Gasteiger partial charge in [0.1, 0.15) is 5.01 Å². The van der Waals surface area contributed by atoms with Gasteiger partial charge in [-0.2, -0.15) is 0 Å². The van der Waals surface area contributed by atoms with Crippen LogP contribution in [0.4, 0.5) is 5.13 Å². The molecule has 3 N–H and O–H groups in total. The van der Waals surface area contributed by atoms with Gasteiger partial charge >= 0.3 is 5.97 Å². The molecular formula is C13H16N4O3S2. The summed E-state index contributed by atoms with van der Waals surface area (Å²) in [5.41, 5.74) is 6.75. The smallest absolute Gasteiger partial charge is 0.311 e. The van der Waals surface area contributed by atoms with Crippen LogP contribution in [0.3, 0.4) is 0 Å². The van der Waals surface area contributed by atoms with Crippen molar-refractivity contribution in [3.8, 4) is 0 Å². The van der Waals surface area contributed by atoms with Crippen LogP contribution in [0.25, 0.3) is 0 Å². The van der Waals surface area contributed by atoms with E-state index in [1.165, 1.54) is 22.7 Å². The highest BCUT2D eigenvalue weighted by Crippen LogP contribution is 2.17. The molecule has 2 rings (SSSR count). The van der Waals surface area contributed by atoms with Crippen LogP contribution in [0.15, 0.2) is 10.8 Å². The molecule has 0 aliphatic heterocycles. The Bertz CT molecular complexity index is 653. The first-order valence-electron chi connectivity index (χ1n) is 6.64. The average Bonchev–Trinajstić information content (AvgIpc) is 3.08. The lowest BCUT2D eigenvalue weighted by atomic mass is 10.3. The van der Waals surface area contributed by atoms with Crippen LogP contribution in [0.1, 0.15) is 23.3 Å². The molecule has 2 heterocycles. The molecule has 118 valence electrons. The molecule has 2 aromatic heterocycles. The van der Waals surface area contributed by atoms with Crippen molar-refractivity contribution < 1.29 is 14.3 Å². The minimum absolute atomic E-state index is 0.103. The summed E-state index contributed by atoms with van der Waals surface area (Å²) in [5.74, 6) is -0.534. The van der Waals surface area contributed by atoms with Crippen molar-refractivity contribution in [2.75, 3.05) is 11.9 Å². The van der Waals surface area contributed by atoms with Crippen LogP contribution >= 0.6 is 22.7 Å². The van der Waals surface area contributed by atoms with Gasteiger partial charge in [0, 0.05) is 17.3 Å². The Morgan fingerprint density at radius 1 is 1.23 bits per heavy atom. The first kappa shape index (κ1) is 16.5. The lowest BCUT2D eigenvalue weighted by Gasteiger charge is -2.00. The lowest BCUT2D eigenvalue weighted by Crippen LogP contribution is -2.15. The fourth-order valence-electron chi connectivity index (χ4n) is 1.66. The number of nitrogens with two attached hydrogens (primary N) is 1. The van der Waals surface area contributed by atoms with E-state index in [4.69, 9.17) is 10.5 Å². The highest BCUT2D eigenvalue weighted by atomic mass is 32.1. The maximum absolute atomic E-state index is 11.9. The highest BCUT2D eigenvalue weighted by molar-refractivity contribution is 7.14. The summed E-state index contributed by atoms with van der Waals surface area (Å²) in [6.07, 6.45) is 0.273. The van der Waals surface area contributed by atoms with Gasteiger partial charge in [-0.05, 0) is 6.92 Å². The SMILES string of the molecule is CCOC(=O)Cc1csc(NC(=O)Cc2csc(CN)n2)n1. The maximum Gasteiger partial charge on any atom is 0.311 e. The van der Waals surface area contributed by atoms with Crippen molar-refractivity contribution in [3.63, 3.8) is 0 Å². The van der Waals surface area contributed by atoms with E-state index in [0.29, 0.717) is 29.7 Å². The van der Waals surface area contributed by atoms with Gasteiger partial charge in [0.05, 0.1) is 30.8 Å². The molecule has 0 saturated carbocycles. The van der Waals surface area contributed by atoms with E-state index >= 15 is 0 Å². The molecule has 0 saturated heterocycles. The Labute approximate surface area is 135 Å². The van der Waals surface area contributed by atoms with Crippen LogP contribution < -0.4 is 11.1 Å². The first-order chi connectivity index (χ1) is 10.6. The van der Waals surface area contributed by atoms with Crippen molar-refractivity contribution in [2.45, 2.75) is 26.3 Å². The first-order valence-corrected chi connectivity index (χ1v) is 8.39. The normalized spacial score (nSPS) is 10.5. The summed E-state index contributed by atoms with van der Waals surface area (Å²) in [6, 6.07) is 0. The van der Waals surface area contributed by atoms with Crippen molar-refractivity contribution >= 4 is 39.7 Å². The average molecular weight is 340 g/mol. The van der Waals surface area contributed by atoms with Gasteiger partial charge in [0.2, 0.25) is 5.91 Å². The number of anilines is 1. The maximum atomic E-state index is 11.9. The van der Waals surface area contributed by atoms with Crippen molar-refractivity contribution in [3.05, 3.63) is 27.2 Å². The number of carbonyl (C=O) groups is 2. The van der Waals surface area contributed by atoms with Gasteiger partial charge in [-0.15, -0.1) is 22.7 Å². The monoisotopic (exact) mass is 340 g/mol. The number of aromatic nitrogens is 2. The molecule has 0 spiro atoms. The van der Waals surface area contributed by atoms with Crippen LogP contribution in [0.2, 0.25) is 0 Å². The number of carbonyl (C=O) groups excluding carboxylic acids is 2. The van der Waals surface area contributed by atoms with E-state index < -0.39 is 0 Å². The van der Waals surface area contributed by atoms with Crippen LogP contribution in [0.5, 0.6) is 0 Å². The van der Waals surface area contributed by atoms with Crippen molar-refractivity contribution in [1.29, 1.82) is 0 Å². The number of esters is 1. The Kier molecular flexibility index (Phi) is 5.99. The zero-order valence-corrected chi connectivity index (χ0v) is 13.6. The molecule has 22 heavy (non-hydrogen) atoms. The minimum atomic E-state index is -0.331. The third-order valence-electron chi connectivity index (χ3n) is 2.54. The van der Waals surface area contributed by atoms with E-state index in [1.54, 1.807) is 12.3 Å². The zero-order valence-electron chi connectivity index (χ0n) is 12.0. The minimum Gasteiger partial charge on any atom is -0.466 e. The third-order valence-corrected chi connectivity index (χ3v) is 4.27. The van der Waals surface area contributed by atoms with Crippen LogP contribution in [-0.4, -0.2) is 28.5 Å². The van der Waals surface area contributed by atoms with E-state index in [1.807, 2.05) is 5.38 Å². The summed E-state index contributed by atoms with van der Waals surface area (Å²) in [4.78, 5) is 31.7. The number of amides is 1. The second-order valence-electron chi connectivity index (χ2n) is 4.29. The molecule has 0 radical (unpaired) electrons. The lowest BCUT2D eigenvalue weighted by molar-refractivity contribution is -0.142. The van der Waals surface area contributed by atoms with E-state index in [2.05, 4.69) is 15.3 Å². The number of hydrogen-bond donors (Lipinski definition) is 2. The highest BCUT2D eigenvalue weighted by Gasteiger charge is 2.12. The van der Waals surface area contributed by atoms with Gasteiger partial charge in [-0.25, -0.2) is 9.97 Å². The second-order valence-corrected chi connectivity index (χ2v) is 6.09. The molecular weight excluding hydrogens is 324 g/mol. The second kappa shape index (κ2) is 7.97. The third kappa shape index (κ3) is 4.86.